The third-order valence-electron chi connectivity index (χ3n) is 1.87. The Hall–Kier alpha value is -1.34. The van der Waals surface area contributed by atoms with Gasteiger partial charge in [0.2, 0.25) is 0 Å². The summed E-state index contributed by atoms with van der Waals surface area (Å²) in [5.74, 6) is -0.906. The maximum absolute atomic E-state index is 11.4. The lowest BCUT2D eigenvalue weighted by Gasteiger charge is -2.20. The number of urea groups is 1. The first-order chi connectivity index (χ1) is 7.61. The number of nitrogens with zero attached hydrogens (tertiary/aromatic N) is 1. The van der Waals surface area contributed by atoms with Crippen molar-refractivity contribution in [3.63, 3.8) is 0 Å². The summed E-state index contributed by atoms with van der Waals surface area (Å²) in [5.41, 5.74) is 0. The molecule has 0 heterocycles. The SMILES string of the molecule is O=C(O)CCCNC(=O)N(CCO)CCO. The minimum absolute atomic E-state index is 0.000278. The van der Waals surface area contributed by atoms with E-state index < -0.39 is 12.0 Å². The van der Waals surface area contributed by atoms with Crippen LogP contribution in [0.25, 0.3) is 0 Å². The summed E-state index contributed by atoms with van der Waals surface area (Å²) in [6.07, 6.45) is 0.355. The zero-order valence-electron chi connectivity index (χ0n) is 9.06. The predicted octanol–water partition coefficient (Wildman–Crippen LogP) is -1.15. The van der Waals surface area contributed by atoms with E-state index in [-0.39, 0.29) is 39.3 Å². The van der Waals surface area contributed by atoms with Gasteiger partial charge in [0, 0.05) is 26.1 Å². The number of nitrogens with one attached hydrogen (secondary N) is 1. The van der Waals surface area contributed by atoms with Crippen molar-refractivity contribution in [2.24, 2.45) is 0 Å². The van der Waals surface area contributed by atoms with E-state index in [1.807, 2.05) is 0 Å². The molecule has 7 heteroatoms. The summed E-state index contributed by atoms with van der Waals surface area (Å²) in [7, 11) is 0. The molecule has 0 saturated carbocycles. The first-order valence-electron chi connectivity index (χ1n) is 5.08. The number of hydrogen-bond acceptors (Lipinski definition) is 4. The summed E-state index contributed by atoms with van der Waals surface area (Å²) in [6.45, 7) is 0.195. The van der Waals surface area contributed by atoms with Crippen LogP contribution in [0.1, 0.15) is 12.8 Å². The predicted molar refractivity (Wildman–Crippen MR) is 56.0 cm³/mol. The van der Waals surface area contributed by atoms with Crippen LogP contribution in [0.4, 0.5) is 4.79 Å². The number of amides is 2. The normalized spacial score (nSPS) is 9.88. The highest BCUT2D eigenvalue weighted by Gasteiger charge is 2.11. The Morgan fingerprint density at radius 2 is 1.69 bits per heavy atom. The van der Waals surface area contributed by atoms with Gasteiger partial charge in [-0.2, -0.15) is 0 Å². The van der Waals surface area contributed by atoms with E-state index >= 15 is 0 Å². The molecule has 94 valence electrons. The van der Waals surface area contributed by atoms with Crippen LogP contribution in [0.5, 0.6) is 0 Å². The van der Waals surface area contributed by atoms with Crippen LogP contribution >= 0.6 is 0 Å². The lowest BCUT2D eigenvalue weighted by Crippen LogP contribution is -2.43. The van der Waals surface area contributed by atoms with Crippen LogP contribution in [0.2, 0.25) is 0 Å². The molecular formula is C9H18N2O5. The Balaban J connectivity index is 3.77. The summed E-state index contributed by atoms with van der Waals surface area (Å²) in [5, 5.41) is 28.2. The molecular weight excluding hydrogens is 216 g/mol. The van der Waals surface area contributed by atoms with Crippen molar-refractivity contribution >= 4 is 12.0 Å². The van der Waals surface area contributed by atoms with Crippen molar-refractivity contribution in [2.45, 2.75) is 12.8 Å². The molecule has 0 radical (unpaired) electrons. The molecule has 7 nitrogen and oxygen atoms in total. The minimum Gasteiger partial charge on any atom is -0.481 e. The molecule has 0 aliphatic rings. The summed E-state index contributed by atoms with van der Waals surface area (Å²) in [4.78, 5) is 22.9. The molecule has 2 amide bonds. The third-order valence-corrected chi connectivity index (χ3v) is 1.87. The molecule has 0 unspecified atom stereocenters. The molecule has 4 N–H and O–H groups in total. The highest BCUT2D eigenvalue weighted by Crippen LogP contribution is 1.91. The van der Waals surface area contributed by atoms with E-state index in [2.05, 4.69) is 5.32 Å². The second-order valence-corrected chi connectivity index (χ2v) is 3.16. The first kappa shape index (κ1) is 14.7. The molecule has 0 aromatic rings. The second kappa shape index (κ2) is 8.93. The number of aliphatic hydroxyl groups is 2. The fraction of sp³-hybridized carbons (Fsp3) is 0.778. The van der Waals surface area contributed by atoms with Crippen LogP contribution in [0, 0.1) is 0 Å². The van der Waals surface area contributed by atoms with Gasteiger partial charge in [0.15, 0.2) is 0 Å². The van der Waals surface area contributed by atoms with Gasteiger partial charge in [-0.05, 0) is 6.42 Å². The first-order valence-corrected chi connectivity index (χ1v) is 5.08. The van der Waals surface area contributed by atoms with E-state index in [1.165, 1.54) is 4.90 Å². The highest BCUT2D eigenvalue weighted by molar-refractivity contribution is 5.74. The molecule has 0 fully saturated rings. The Kier molecular flexibility index (Phi) is 8.18. The van der Waals surface area contributed by atoms with Gasteiger partial charge in [-0.15, -0.1) is 0 Å². The quantitative estimate of drug-likeness (QED) is 0.396. The van der Waals surface area contributed by atoms with Crippen LogP contribution in [0.3, 0.4) is 0 Å². The van der Waals surface area contributed by atoms with E-state index in [0.717, 1.165) is 0 Å². The monoisotopic (exact) mass is 234 g/mol. The van der Waals surface area contributed by atoms with Gasteiger partial charge < -0.3 is 25.5 Å². The van der Waals surface area contributed by atoms with E-state index in [9.17, 15) is 9.59 Å². The highest BCUT2D eigenvalue weighted by atomic mass is 16.4. The number of carboxylic acids is 1. The van der Waals surface area contributed by atoms with Gasteiger partial charge in [0.1, 0.15) is 0 Å². The summed E-state index contributed by atoms with van der Waals surface area (Å²) in [6, 6.07) is -0.409. The number of rotatable bonds is 8. The molecule has 0 aromatic heterocycles. The van der Waals surface area contributed by atoms with E-state index in [1.54, 1.807) is 0 Å². The maximum atomic E-state index is 11.4. The maximum Gasteiger partial charge on any atom is 0.317 e. The topological polar surface area (TPSA) is 110 Å². The Morgan fingerprint density at radius 3 is 2.12 bits per heavy atom. The fourth-order valence-electron chi connectivity index (χ4n) is 1.10. The molecule has 0 saturated heterocycles. The van der Waals surface area contributed by atoms with Gasteiger partial charge in [-0.3, -0.25) is 4.79 Å². The van der Waals surface area contributed by atoms with Crippen LogP contribution < -0.4 is 5.32 Å². The van der Waals surface area contributed by atoms with Gasteiger partial charge in [-0.1, -0.05) is 0 Å². The number of carbonyl (C=O) groups excluding carboxylic acids is 1. The number of hydrogen-bond donors (Lipinski definition) is 4. The standard InChI is InChI=1S/C9H18N2O5/c12-6-4-11(5-7-13)9(16)10-3-1-2-8(14)15/h12-13H,1-7H2,(H,10,16)(H,14,15). The Labute approximate surface area is 93.7 Å². The van der Waals surface area contributed by atoms with E-state index in [0.29, 0.717) is 6.42 Å². The smallest absolute Gasteiger partial charge is 0.317 e. The summed E-state index contributed by atoms with van der Waals surface area (Å²) >= 11 is 0. The van der Waals surface area contributed by atoms with Crippen molar-refractivity contribution in [2.75, 3.05) is 32.8 Å². The molecule has 16 heavy (non-hydrogen) atoms. The Morgan fingerprint density at radius 1 is 1.12 bits per heavy atom. The van der Waals surface area contributed by atoms with Gasteiger partial charge in [0.25, 0.3) is 0 Å². The summed E-state index contributed by atoms with van der Waals surface area (Å²) < 4.78 is 0. The van der Waals surface area contributed by atoms with Crippen LogP contribution in [-0.4, -0.2) is 65.1 Å². The largest absolute Gasteiger partial charge is 0.481 e. The van der Waals surface area contributed by atoms with Crippen molar-refractivity contribution in [3.05, 3.63) is 0 Å². The molecule has 0 atom stereocenters. The Bertz CT molecular complexity index is 216. The van der Waals surface area contributed by atoms with Crippen molar-refractivity contribution < 1.29 is 24.9 Å². The van der Waals surface area contributed by atoms with Gasteiger partial charge in [0.05, 0.1) is 13.2 Å². The van der Waals surface area contributed by atoms with Crippen LogP contribution in [-0.2, 0) is 4.79 Å². The van der Waals surface area contributed by atoms with Crippen LogP contribution in [0.15, 0.2) is 0 Å². The lowest BCUT2D eigenvalue weighted by molar-refractivity contribution is -0.137. The number of carboxylic acid groups (broad SMARTS) is 1. The fourth-order valence-corrected chi connectivity index (χ4v) is 1.10. The molecule has 0 aromatic carbocycles. The number of aliphatic carboxylic acids is 1. The molecule has 0 spiro atoms. The van der Waals surface area contributed by atoms with E-state index in [4.69, 9.17) is 15.3 Å². The molecule has 0 aliphatic heterocycles. The minimum atomic E-state index is -0.906. The van der Waals surface area contributed by atoms with Gasteiger partial charge >= 0.3 is 12.0 Å². The van der Waals surface area contributed by atoms with Crippen molar-refractivity contribution in [1.29, 1.82) is 0 Å². The van der Waals surface area contributed by atoms with Crippen molar-refractivity contribution in [1.82, 2.24) is 10.2 Å². The zero-order chi connectivity index (χ0) is 12.4. The molecule has 0 aliphatic carbocycles. The lowest BCUT2D eigenvalue weighted by atomic mass is 10.3. The van der Waals surface area contributed by atoms with Crippen molar-refractivity contribution in [3.8, 4) is 0 Å². The van der Waals surface area contributed by atoms with Gasteiger partial charge in [-0.25, -0.2) is 4.79 Å². The second-order valence-electron chi connectivity index (χ2n) is 3.16. The number of carbonyl (C=O) groups is 2. The zero-order valence-corrected chi connectivity index (χ0v) is 9.06. The third kappa shape index (κ3) is 7.02. The average Bonchev–Trinajstić information content (AvgIpc) is 2.23. The molecule has 0 bridgehead atoms. The number of aliphatic hydroxyl groups excluding tert-OH is 2. The average molecular weight is 234 g/mol. The molecule has 0 rings (SSSR count).